The molecular formula is C11H14BrNOS. The summed E-state index contributed by atoms with van der Waals surface area (Å²) in [5.74, 6) is 5.00. The summed E-state index contributed by atoms with van der Waals surface area (Å²) in [6.45, 7) is 0.571. The second-order valence-electron chi connectivity index (χ2n) is 3.70. The lowest BCUT2D eigenvalue weighted by Crippen LogP contribution is -2.03. The molecule has 0 aromatic heterocycles. The van der Waals surface area contributed by atoms with Gasteiger partial charge in [-0.05, 0) is 52.9 Å². The Morgan fingerprint density at radius 1 is 1.47 bits per heavy atom. The molecule has 0 spiro atoms. The molecule has 0 aliphatic heterocycles. The molecule has 0 saturated heterocycles. The third kappa shape index (κ3) is 3.48. The molecule has 1 fully saturated rings. The van der Waals surface area contributed by atoms with Crippen LogP contribution in [0.4, 0.5) is 0 Å². The lowest BCUT2D eigenvalue weighted by molar-refractivity contribution is 0.141. The number of rotatable bonds is 5. The van der Waals surface area contributed by atoms with Gasteiger partial charge in [0.05, 0.1) is 6.61 Å². The van der Waals surface area contributed by atoms with E-state index in [0.29, 0.717) is 6.61 Å². The van der Waals surface area contributed by atoms with Gasteiger partial charge in [-0.15, -0.1) is 11.8 Å². The van der Waals surface area contributed by atoms with E-state index in [1.54, 1.807) is 0 Å². The van der Waals surface area contributed by atoms with Gasteiger partial charge in [-0.1, -0.05) is 6.07 Å². The molecule has 15 heavy (non-hydrogen) atoms. The van der Waals surface area contributed by atoms with Crippen LogP contribution in [-0.2, 0) is 11.3 Å². The number of halogens is 1. The van der Waals surface area contributed by atoms with E-state index in [4.69, 9.17) is 5.90 Å². The first-order valence-corrected chi connectivity index (χ1v) is 6.73. The van der Waals surface area contributed by atoms with Crippen molar-refractivity contribution in [3.05, 3.63) is 28.2 Å². The maximum absolute atomic E-state index is 5.00. The highest BCUT2D eigenvalue weighted by Crippen LogP contribution is 2.41. The topological polar surface area (TPSA) is 35.2 Å². The first-order valence-electron chi connectivity index (χ1n) is 5.06. The van der Waals surface area contributed by atoms with Crippen LogP contribution in [0, 0.1) is 0 Å². The van der Waals surface area contributed by atoms with Gasteiger partial charge in [0.2, 0.25) is 0 Å². The zero-order valence-corrected chi connectivity index (χ0v) is 10.8. The standard InChI is InChI=1S/C11H14BrNOS/c12-10-7-8(5-6-14-13)1-4-11(10)15-9-2-3-9/h1,4,7,9H,2-3,5-6,13H2. The van der Waals surface area contributed by atoms with Gasteiger partial charge in [-0.2, -0.15) is 0 Å². The molecule has 4 heteroatoms. The van der Waals surface area contributed by atoms with Crippen LogP contribution in [-0.4, -0.2) is 11.9 Å². The van der Waals surface area contributed by atoms with Crippen LogP contribution in [0.3, 0.4) is 0 Å². The molecule has 0 radical (unpaired) electrons. The highest BCUT2D eigenvalue weighted by Gasteiger charge is 2.23. The second kappa shape index (κ2) is 5.34. The van der Waals surface area contributed by atoms with Crippen LogP contribution < -0.4 is 5.90 Å². The smallest absolute Gasteiger partial charge is 0.0719 e. The number of benzene rings is 1. The van der Waals surface area contributed by atoms with Gasteiger partial charge in [-0.3, -0.25) is 0 Å². The van der Waals surface area contributed by atoms with Gasteiger partial charge in [0, 0.05) is 14.6 Å². The highest BCUT2D eigenvalue weighted by molar-refractivity contribution is 9.10. The summed E-state index contributed by atoms with van der Waals surface area (Å²) < 4.78 is 1.19. The Morgan fingerprint density at radius 2 is 2.27 bits per heavy atom. The molecule has 0 atom stereocenters. The number of thioether (sulfide) groups is 1. The van der Waals surface area contributed by atoms with E-state index in [1.807, 2.05) is 11.8 Å². The summed E-state index contributed by atoms with van der Waals surface area (Å²) in [5.41, 5.74) is 1.26. The number of hydrogen-bond acceptors (Lipinski definition) is 3. The Bertz CT molecular complexity index is 341. The first kappa shape index (κ1) is 11.5. The lowest BCUT2D eigenvalue weighted by atomic mass is 10.2. The third-order valence-electron chi connectivity index (χ3n) is 2.32. The summed E-state index contributed by atoms with van der Waals surface area (Å²) in [5, 5.41) is 0.847. The normalized spacial score (nSPS) is 15.6. The van der Waals surface area contributed by atoms with Crippen LogP contribution in [0.1, 0.15) is 18.4 Å². The molecular weight excluding hydrogens is 274 g/mol. The van der Waals surface area contributed by atoms with E-state index >= 15 is 0 Å². The zero-order valence-electron chi connectivity index (χ0n) is 8.41. The average Bonchev–Trinajstić information content (AvgIpc) is 3.02. The molecule has 0 bridgehead atoms. The van der Waals surface area contributed by atoms with Gasteiger partial charge in [0.15, 0.2) is 0 Å². The Labute approximate surface area is 103 Å². The van der Waals surface area contributed by atoms with Crippen molar-refractivity contribution in [3.63, 3.8) is 0 Å². The van der Waals surface area contributed by atoms with Crippen molar-refractivity contribution >= 4 is 27.7 Å². The molecule has 1 aliphatic carbocycles. The average molecular weight is 288 g/mol. The van der Waals surface area contributed by atoms with Gasteiger partial charge in [-0.25, -0.2) is 5.90 Å². The Kier molecular flexibility index (Phi) is 4.08. The Morgan fingerprint density at radius 3 is 2.87 bits per heavy atom. The van der Waals surface area contributed by atoms with Crippen molar-refractivity contribution in [3.8, 4) is 0 Å². The molecule has 0 heterocycles. The van der Waals surface area contributed by atoms with E-state index in [2.05, 4.69) is 39.0 Å². The van der Waals surface area contributed by atoms with Crippen molar-refractivity contribution in [1.82, 2.24) is 0 Å². The summed E-state index contributed by atoms with van der Waals surface area (Å²) in [6, 6.07) is 6.48. The third-order valence-corrected chi connectivity index (χ3v) is 4.66. The monoisotopic (exact) mass is 287 g/mol. The highest BCUT2D eigenvalue weighted by atomic mass is 79.9. The molecule has 2 N–H and O–H groups in total. The van der Waals surface area contributed by atoms with Gasteiger partial charge >= 0.3 is 0 Å². The van der Waals surface area contributed by atoms with Crippen molar-refractivity contribution in [2.75, 3.05) is 6.61 Å². The van der Waals surface area contributed by atoms with Gasteiger partial charge < -0.3 is 4.84 Å². The van der Waals surface area contributed by atoms with Crippen LogP contribution in [0.15, 0.2) is 27.6 Å². The largest absolute Gasteiger partial charge is 0.304 e. The minimum absolute atomic E-state index is 0.571. The van der Waals surface area contributed by atoms with E-state index in [-0.39, 0.29) is 0 Å². The molecule has 2 rings (SSSR count). The molecule has 1 aromatic rings. The van der Waals surface area contributed by atoms with Crippen molar-refractivity contribution < 1.29 is 4.84 Å². The van der Waals surface area contributed by atoms with E-state index in [0.717, 1.165) is 11.7 Å². The van der Waals surface area contributed by atoms with Crippen molar-refractivity contribution in [1.29, 1.82) is 0 Å². The lowest BCUT2D eigenvalue weighted by Gasteiger charge is -2.06. The van der Waals surface area contributed by atoms with Crippen molar-refractivity contribution in [2.45, 2.75) is 29.4 Å². The molecule has 0 unspecified atom stereocenters. The molecule has 1 aromatic carbocycles. The summed E-state index contributed by atoms with van der Waals surface area (Å²) in [6.07, 6.45) is 3.59. The van der Waals surface area contributed by atoms with E-state index < -0.39 is 0 Å². The minimum atomic E-state index is 0.571. The second-order valence-corrected chi connectivity index (χ2v) is 5.90. The molecule has 1 saturated carbocycles. The fraction of sp³-hybridized carbons (Fsp3) is 0.455. The minimum Gasteiger partial charge on any atom is -0.304 e. The van der Waals surface area contributed by atoms with Gasteiger partial charge in [0.25, 0.3) is 0 Å². The summed E-state index contributed by atoms with van der Waals surface area (Å²) in [4.78, 5) is 5.91. The molecule has 2 nitrogen and oxygen atoms in total. The fourth-order valence-corrected chi connectivity index (χ4v) is 3.09. The molecule has 82 valence electrons. The van der Waals surface area contributed by atoms with Crippen LogP contribution in [0.2, 0.25) is 0 Å². The maximum Gasteiger partial charge on any atom is 0.0719 e. The predicted molar refractivity (Wildman–Crippen MR) is 66.9 cm³/mol. The number of nitrogens with two attached hydrogens (primary N) is 1. The molecule has 0 amide bonds. The first-order chi connectivity index (χ1) is 7.29. The van der Waals surface area contributed by atoms with Gasteiger partial charge in [0.1, 0.15) is 0 Å². The quantitative estimate of drug-likeness (QED) is 0.845. The van der Waals surface area contributed by atoms with Crippen LogP contribution >= 0.6 is 27.7 Å². The summed E-state index contributed by atoms with van der Waals surface area (Å²) in [7, 11) is 0. The Balaban J connectivity index is 2.00. The summed E-state index contributed by atoms with van der Waals surface area (Å²) >= 11 is 5.57. The predicted octanol–water partition coefficient (Wildman–Crippen LogP) is 3.14. The SMILES string of the molecule is NOCCc1ccc(SC2CC2)c(Br)c1. The number of hydrogen-bond donors (Lipinski definition) is 1. The van der Waals surface area contributed by atoms with Crippen LogP contribution in [0.25, 0.3) is 0 Å². The fourth-order valence-electron chi connectivity index (χ4n) is 1.34. The van der Waals surface area contributed by atoms with Crippen LogP contribution in [0.5, 0.6) is 0 Å². The molecule has 1 aliphatic rings. The van der Waals surface area contributed by atoms with Crippen molar-refractivity contribution in [2.24, 2.45) is 5.90 Å². The van der Waals surface area contributed by atoms with E-state index in [9.17, 15) is 0 Å². The van der Waals surface area contributed by atoms with E-state index in [1.165, 1.54) is 27.8 Å². The maximum atomic E-state index is 5.00. The Hall–Kier alpha value is -0.0300. The zero-order chi connectivity index (χ0) is 10.7.